The number of para-hydroxylation sites is 1. The van der Waals surface area contributed by atoms with Gasteiger partial charge in [-0.05, 0) is 24.6 Å². The zero-order valence-electron chi connectivity index (χ0n) is 11.9. The minimum atomic E-state index is -0.653. The van der Waals surface area contributed by atoms with Gasteiger partial charge in [0.25, 0.3) is 0 Å². The lowest BCUT2D eigenvalue weighted by Crippen LogP contribution is -2.31. The van der Waals surface area contributed by atoms with Crippen molar-refractivity contribution in [1.29, 1.82) is 5.26 Å². The van der Waals surface area contributed by atoms with Crippen molar-refractivity contribution in [3.8, 4) is 6.07 Å². The molecule has 0 bridgehead atoms. The number of ether oxygens (including phenoxy) is 1. The summed E-state index contributed by atoms with van der Waals surface area (Å²) in [6, 6.07) is 8.98. The normalized spacial score (nSPS) is 21.0. The van der Waals surface area contributed by atoms with Gasteiger partial charge in [-0.2, -0.15) is 5.26 Å². The van der Waals surface area contributed by atoms with Crippen LogP contribution in [0.2, 0.25) is 0 Å². The first-order chi connectivity index (χ1) is 10.6. The van der Waals surface area contributed by atoms with Crippen LogP contribution >= 0.6 is 0 Å². The molecule has 2 heterocycles. The van der Waals surface area contributed by atoms with E-state index in [0.29, 0.717) is 23.0 Å². The summed E-state index contributed by atoms with van der Waals surface area (Å²) in [5.74, 6) is -0.0887. The Hall–Kier alpha value is -2.71. The van der Waals surface area contributed by atoms with Gasteiger partial charge >= 0.3 is 5.63 Å². The summed E-state index contributed by atoms with van der Waals surface area (Å²) in [5, 5.41) is 9.97. The third kappa shape index (κ3) is 2.45. The van der Waals surface area contributed by atoms with Crippen molar-refractivity contribution in [3.05, 3.63) is 58.0 Å². The van der Waals surface area contributed by atoms with Gasteiger partial charge in [0.2, 0.25) is 0 Å². The fourth-order valence-corrected chi connectivity index (χ4v) is 2.57. The lowest BCUT2D eigenvalue weighted by Gasteiger charge is -2.22. The lowest BCUT2D eigenvalue weighted by molar-refractivity contribution is -0.128. The molecule has 110 valence electrons. The molecule has 0 N–H and O–H groups in total. The van der Waals surface area contributed by atoms with Crippen molar-refractivity contribution < 1.29 is 13.9 Å². The quantitative estimate of drug-likeness (QED) is 0.793. The Bertz CT molecular complexity index is 872. The molecule has 0 fully saturated rings. The van der Waals surface area contributed by atoms with Crippen LogP contribution in [0.4, 0.5) is 0 Å². The summed E-state index contributed by atoms with van der Waals surface area (Å²) < 4.78 is 10.8. The molecule has 1 aliphatic rings. The number of hydrogen-bond acceptors (Lipinski definition) is 5. The molecule has 0 spiro atoms. The van der Waals surface area contributed by atoms with E-state index >= 15 is 0 Å². The van der Waals surface area contributed by atoms with Crippen molar-refractivity contribution >= 4 is 16.8 Å². The van der Waals surface area contributed by atoms with E-state index in [4.69, 9.17) is 9.15 Å². The largest absolute Gasteiger partial charge is 0.422 e. The Labute approximate surface area is 126 Å². The van der Waals surface area contributed by atoms with Gasteiger partial charge in [0.1, 0.15) is 23.3 Å². The highest BCUT2D eigenvalue weighted by Crippen LogP contribution is 2.23. The first-order valence-corrected chi connectivity index (χ1v) is 6.92. The molecule has 2 unspecified atom stereocenters. The Kier molecular flexibility index (Phi) is 3.61. The van der Waals surface area contributed by atoms with E-state index < -0.39 is 11.7 Å². The van der Waals surface area contributed by atoms with Gasteiger partial charge in [0.15, 0.2) is 5.78 Å². The maximum atomic E-state index is 11.9. The molecule has 5 heteroatoms. The molecule has 2 aromatic rings. The molecule has 1 aliphatic heterocycles. The van der Waals surface area contributed by atoms with Crippen molar-refractivity contribution in [3.63, 3.8) is 0 Å². The van der Waals surface area contributed by atoms with Crippen molar-refractivity contribution in [2.24, 2.45) is 0 Å². The molecule has 0 amide bonds. The van der Waals surface area contributed by atoms with E-state index in [0.717, 1.165) is 0 Å². The van der Waals surface area contributed by atoms with E-state index in [9.17, 15) is 14.9 Å². The Morgan fingerprint density at radius 1 is 1.27 bits per heavy atom. The van der Waals surface area contributed by atoms with Crippen LogP contribution in [0.1, 0.15) is 18.1 Å². The standard InChI is InChI=1S/C17H13NO4/c1-10-15(19)7-6-11(21-10)8-13-12-4-2-3-5-16(12)22-17(20)14(13)9-18/h2-7,10-11H,8H2,1H3. The average molecular weight is 295 g/mol. The number of ketones is 1. The van der Waals surface area contributed by atoms with Crippen LogP contribution < -0.4 is 5.63 Å². The number of nitriles is 1. The first-order valence-electron chi connectivity index (χ1n) is 6.92. The van der Waals surface area contributed by atoms with Gasteiger partial charge in [-0.1, -0.05) is 24.3 Å². The first kappa shape index (κ1) is 14.2. The molecule has 3 rings (SSSR count). The Morgan fingerprint density at radius 3 is 2.77 bits per heavy atom. The molecule has 22 heavy (non-hydrogen) atoms. The molecule has 1 aromatic carbocycles. The number of hydrogen-bond donors (Lipinski definition) is 0. The number of rotatable bonds is 2. The number of benzene rings is 1. The third-order valence-corrected chi connectivity index (χ3v) is 3.69. The van der Waals surface area contributed by atoms with Crippen molar-refractivity contribution in [2.45, 2.75) is 25.6 Å². The zero-order chi connectivity index (χ0) is 15.7. The Morgan fingerprint density at radius 2 is 2.05 bits per heavy atom. The fraction of sp³-hybridized carbons (Fsp3) is 0.235. The summed E-state index contributed by atoms with van der Waals surface area (Å²) in [6.45, 7) is 1.68. The van der Waals surface area contributed by atoms with Crippen LogP contribution in [0, 0.1) is 11.3 Å². The summed E-state index contributed by atoms with van der Waals surface area (Å²) >= 11 is 0. The molecular weight excluding hydrogens is 282 g/mol. The predicted molar refractivity (Wildman–Crippen MR) is 79.4 cm³/mol. The molecule has 1 aromatic heterocycles. The van der Waals surface area contributed by atoms with E-state index in [1.54, 1.807) is 31.2 Å². The average Bonchev–Trinajstić information content (AvgIpc) is 2.51. The molecule has 0 radical (unpaired) electrons. The second-order valence-corrected chi connectivity index (χ2v) is 5.13. The maximum Gasteiger partial charge on any atom is 0.354 e. The molecule has 5 nitrogen and oxygen atoms in total. The smallest absolute Gasteiger partial charge is 0.354 e. The van der Waals surface area contributed by atoms with Crippen LogP contribution in [0.5, 0.6) is 0 Å². The highest BCUT2D eigenvalue weighted by atomic mass is 16.5. The number of carbonyl (C=O) groups excluding carboxylic acids is 1. The summed E-state index contributed by atoms with van der Waals surface area (Å²) in [4.78, 5) is 23.4. The van der Waals surface area contributed by atoms with Crippen molar-refractivity contribution in [1.82, 2.24) is 0 Å². The van der Waals surface area contributed by atoms with Crippen LogP contribution in [-0.4, -0.2) is 18.0 Å². The van der Waals surface area contributed by atoms with Gasteiger partial charge in [-0.3, -0.25) is 4.79 Å². The number of carbonyl (C=O) groups is 1. The Balaban J connectivity index is 2.10. The molecular formula is C17H13NO4. The van der Waals surface area contributed by atoms with Crippen LogP contribution in [0.25, 0.3) is 11.0 Å². The summed E-state index contributed by atoms with van der Waals surface area (Å²) in [6.07, 6.45) is 2.60. The van der Waals surface area contributed by atoms with Crippen molar-refractivity contribution in [2.75, 3.05) is 0 Å². The van der Waals surface area contributed by atoms with Crippen LogP contribution in [0.3, 0.4) is 0 Å². The fourth-order valence-electron chi connectivity index (χ4n) is 2.57. The van der Waals surface area contributed by atoms with Crippen LogP contribution in [0.15, 0.2) is 45.6 Å². The van der Waals surface area contributed by atoms with Gasteiger partial charge < -0.3 is 9.15 Å². The monoisotopic (exact) mass is 295 g/mol. The number of fused-ring (bicyclic) bond motifs is 1. The second-order valence-electron chi connectivity index (χ2n) is 5.13. The van der Waals surface area contributed by atoms with Gasteiger partial charge in [0.05, 0.1) is 6.10 Å². The van der Waals surface area contributed by atoms with E-state index in [1.165, 1.54) is 6.08 Å². The lowest BCUT2D eigenvalue weighted by atomic mass is 9.97. The minimum Gasteiger partial charge on any atom is -0.422 e. The SMILES string of the molecule is CC1OC(Cc2c(C#N)c(=O)oc3ccccc23)C=CC1=O. The number of nitrogens with zero attached hydrogens (tertiary/aromatic N) is 1. The van der Waals surface area contributed by atoms with Gasteiger partial charge in [0, 0.05) is 11.8 Å². The van der Waals surface area contributed by atoms with Crippen LogP contribution in [-0.2, 0) is 16.0 Å². The molecule has 0 saturated carbocycles. The zero-order valence-corrected chi connectivity index (χ0v) is 11.9. The molecule has 0 aliphatic carbocycles. The summed E-state index contributed by atoms with van der Waals surface area (Å²) in [5.41, 5.74) is 0.358. The molecule has 0 saturated heterocycles. The topological polar surface area (TPSA) is 80.3 Å². The maximum absolute atomic E-state index is 11.9. The predicted octanol–water partition coefficient (Wildman–Crippen LogP) is 2.12. The second kappa shape index (κ2) is 5.58. The highest BCUT2D eigenvalue weighted by Gasteiger charge is 2.24. The van der Waals surface area contributed by atoms with Gasteiger partial charge in [-0.25, -0.2) is 4.79 Å². The third-order valence-electron chi connectivity index (χ3n) is 3.69. The van der Waals surface area contributed by atoms with Gasteiger partial charge in [-0.15, -0.1) is 0 Å². The van der Waals surface area contributed by atoms with E-state index in [2.05, 4.69) is 0 Å². The highest BCUT2D eigenvalue weighted by molar-refractivity contribution is 5.94. The molecule has 2 atom stereocenters. The van der Waals surface area contributed by atoms with E-state index in [-0.39, 0.29) is 17.5 Å². The van der Waals surface area contributed by atoms with E-state index in [1.807, 2.05) is 12.1 Å². The summed E-state index contributed by atoms with van der Waals surface area (Å²) in [7, 11) is 0. The minimum absolute atomic E-state index is 0.0137.